The molecule has 2 saturated carbocycles. The molecule has 1 spiro atoms. The van der Waals surface area contributed by atoms with E-state index in [0.29, 0.717) is 0 Å². The quantitative estimate of drug-likeness (QED) is 0.807. The maximum Gasteiger partial charge on any atom is 0.407 e. The SMILES string of the molecule is CC(C)(C)OC(=O)NC1CCC2(CC1)CC2C(=O)O. The minimum absolute atomic E-state index is 0.0257. The van der Waals surface area contributed by atoms with Gasteiger partial charge in [0.1, 0.15) is 5.60 Å². The van der Waals surface area contributed by atoms with Crippen LogP contribution in [0.2, 0.25) is 0 Å². The molecule has 108 valence electrons. The van der Waals surface area contributed by atoms with Gasteiger partial charge in [-0.3, -0.25) is 4.79 Å². The number of alkyl carbamates (subject to hydrolysis) is 1. The molecule has 19 heavy (non-hydrogen) atoms. The fourth-order valence-electron chi connectivity index (χ4n) is 3.06. The molecule has 1 amide bonds. The van der Waals surface area contributed by atoms with Crippen LogP contribution in [0.3, 0.4) is 0 Å². The Labute approximate surface area is 113 Å². The van der Waals surface area contributed by atoms with Gasteiger partial charge in [-0.25, -0.2) is 4.79 Å². The van der Waals surface area contributed by atoms with E-state index in [0.717, 1.165) is 32.1 Å². The summed E-state index contributed by atoms with van der Waals surface area (Å²) >= 11 is 0. The van der Waals surface area contributed by atoms with Crippen LogP contribution in [-0.2, 0) is 9.53 Å². The molecule has 0 heterocycles. The first-order valence-electron chi connectivity index (χ1n) is 6.94. The van der Waals surface area contributed by atoms with E-state index in [1.165, 1.54) is 0 Å². The van der Waals surface area contributed by atoms with Crippen molar-refractivity contribution in [2.75, 3.05) is 0 Å². The van der Waals surface area contributed by atoms with E-state index < -0.39 is 11.6 Å². The van der Waals surface area contributed by atoms with Crippen molar-refractivity contribution in [1.29, 1.82) is 0 Å². The number of amides is 1. The van der Waals surface area contributed by atoms with Crippen LogP contribution in [0.1, 0.15) is 52.9 Å². The zero-order valence-electron chi connectivity index (χ0n) is 11.9. The van der Waals surface area contributed by atoms with Crippen molar-refractivity contribution in [3.8, 4) is 0 Å². The number of ether oxygens (including phenoxy) is 1. The number of aliphatic carboxylic acids is 1. The number of carboxylic acids is 1. The van der Waals surface area contributed by atoms with Gasteiger partial charge in [0.05, 0.1) is 5.92 Å². The van der Waals surface area contributed by atoms with E-state index in [2.05, 4.69) is 5.32 Å². The zero-order valence-corrected chi connectivity index (χ0v) is 11.9. The van der Waals surface area contributed by atoms with Gasteiger partial charge < -0.3 is 15.2 Å². The van der Waals surface area contributed by atoms with Crippen molar-refractivity contribution in [3.63, 3.8) is 0 Å². The lowest BCUT2D eigenvalue weighted by atomic mass is 9.82. The largest absolute Gasteiger partial charge is 0.481 e. The van der Waals surface area contributed by atoms with Crippen molar-refractivity contribution in [1.82, 2.24) is 5.32 Å². The van der Waals surface area contributed by atoms with E-state index in [9.17, 15) is 9.59 Å². The monoisotopic (exact) mass is 269 g/mol. The predicted octanol–water partition coefficient (Wildman–Crippen LogP) is 2.54. The van der Waals surface area contributed by atoms with Gasteiger partial charge in [-0.05, 0) is 58.3 Å². The zero-order chi connectivity index (χ0) is 14.3. The normalized spacial score (nSPS) is 33.8. The van der Waals surface area contributed by atoms with Gasteiger partial charge in [-0.15, -0.1) is 0 Å². The van der Waals surface area contributed by atoms with Crippen LogP contribution in [0.4, 0.5) is 4.79 Å². The number of carbonyl (C=O) groups is 2. The maximum atomic E-state index is 11.6. The molecule has 0 aromatic rings. The number of hydrogen-bond acceptors (Lipinski definition) is 3. The molecular formula is C14H23NO4. The van der Waals surface area contributed by atoms with Crippen molar-refractivity contribution in [2.45, 2.75) is 64.5 Å². The van der Waals surface area contributed by atoms with Crippen molar-refractivity contribution < 1.29 is 19.4 Å². The van der Waals surface area contributed by atoms with Crippen LogP contribution >= 0.6 is 0 Å². The Hall–Kier alpha value is -1.26. The van der Waals surface area contributed by atoms with E-state index in [1.807, 2.05) is 20.8 Å². The highest BCUT2D eigenvalue weighted by atomic mass is 16.6. The molecule has 2 rings (SSSR count). The summed E-state index contributed by atoms with van der Waals surface area (Å²) in [6.45, 7) is 5.51. The van der Waals surface area contributed by atoms with Crippen LogP contribution in [-0.4, -0.2) is 28.8 Å². The van der Waals surface area contributed by atoms with E-state index in [1.54, 1.807) is 0 Å². The summed E-state index contributed by atoms with van der Waals surface area (Å²) in [6.07, 6.45) is 3.92. The Balaban J connectivity index is 1.76. The highest BCUT2D eigenvalue weighted by molar-refractivity contribution is 5.74. The molecule has 0 bridgehead atoms. The van der Waals surface area contributed by atoms with Gasteiger partial charge in [0.25, 0.3) is 0 Å². The molecule has 2 N–H and O–H groups in total. The first-order chi connectivity index (χ1) is 8.72. The summed E-state index contributed by atoms with van der Waals surface area (Å²) in [4.78, 5) is 22.6. The highest BCUT2D eigenvalue weighted by Gasteiger charge is 2.58. The lowest BCUT2D eigenvalue weighted by molar-refractivity contribution is -0.139. The Kier molecular flexibility index (Phi) is 3.49. The minimum atomic E-state index is -0.668. The number of carboxylic acid groups (broad SMARTS) is 1. The lowest BCUT2D eigenvalue weighted by Gasteiger charge is -2.30. The summed E-state index contributed by atoms with van der Waals surface area (Å²) in [5.41, 5.74) is -0.456. The van der Waals surface area contributed by atoms with E-state index in [4.69, 9.17) is 9.84 Å². The molecule has 5 heteroatoms. The van der Waals surface area contributed by atoms with Crippen LogP contribution in [0, 0.1) is 11.3 Å². The summed E-state index contributed by atoms with van der Waals surface area (Å²) in [5, 5.41) is 11.9. The van der Waals surface area contributed by atoms with Crippen molar-refractivity contribution >= 4 is 12.1 Å². The summed E-state index contributed by atoms with van der Waals surface area (Å²) in [7, 11) is 0. The number of rotatable bonds is 2. The molecule has 0 aromatic heterocycles. The topological polar surface area (TPSA) is 75.6 Å². The van der Waals surface area contributed by atoms with Gasteiger partial charge in [-0.2, -0.15) is 0 Å². The molecule has 0 saturated heterocycles. The van der Waals surface area contributed by atoms with E-state index >= 15 is 0 Å². The summed E-state index contributed by atoms with van der Waals surface area (Å²) < 4.78 is 5.22. The third kappa shape index (κ3) is 3.39. The Morgan fingerprint density at radius 2 is 1.84 bits per heavy atom. The molecule has 2 aliphatic rings. The molecule has 0 aliphatic heterocycles. The van der Waals surface area contributed by atoms with E-state index in [-0.39, 0.29) is 23.5 Å². The average molecular weight is 269 g/mol. The Morgan fingerprint density at radius 1 is 1.26 bits per heavy atom. The van der Waals surface area contributed by atoms with Gasteiger partial charge in [-0.1, -0.05) is 0 Å². The molecule has 0 aromatic carbocycles. The Bertz CT molecular complexity index is 377. The lowest BCUT2D eigenvalue weighted by Crippen LogP contribution is -2.41. The molecule has 1 unspecified atom stereocenters. The number of hydrogen-bond donors (Lipinski definition) is 2. The molecular weight excluding hydrogens is 246 g/mol. The molecule has 0 radical (unpaired) electrons. The average Bonchev–Trinajstić information content (AvgIpc) is 2.94. The fourth-order valence-corrected chi connectivity index (χ4v) is 3.06. The molecule has 2 aliphatic carbocycles. The minimum Gasteiger partial charge on any atom is -0.481 e. The Morgan fingerprint density at radius 3 is 2.26 bits per heavy atom. The van der Waals surface area contributed by atoms with Crippen molar-refractivity contribution in [2.24, 2.45) is 11.3 Å². The first-order valence-corrected chi connectivity index (χ1v) is 6.94. The van der Waals surface area contributed by atoms with Gasteiger partial charge in [0.2, 0.25) is 0 Å². The van der Waals surface area contributed by atoms with Crippen LogP contribution in [0.25, 0.3) is 0 Å². The molecule has 5 nitrogen and oxygen atoms in total. The third-order valence-corrected chi connectivity index (χ3v) is 4.19. The second kappa shape index (κ2) is 4.69. The van der Waals surface area contributed by atoms with Crippen molar-refractivity contribution in [3.05, 3.63) is 0 Å². The smallest absolute Gasteiger partial charge is 0.407 e. The van der Waals surface area contributed by atoms with Gasteiger partial charge >= 0.3 is 12.1 Å². The highest BCUT2D eigenvalue weighted by Crippen LogP contribution is 2.61. The van der Waals surface area contributed by atoms with Gasteiger partial charge in [0, 0.05) is 6.04 Å². The van der Waals surface area contributed by atoms with Crippen LogP contribution in [0.5, 0.6) is 0 Å². The molecule has 2 fully saturated rings. The maximum absolute atomic E-state index is 11.6. The predicted molar refractivity (Wildman–Crippen MR) is 69.8 cm³/mol. The molecule has 1 atom stereocenters. The van der Waals surface area contributed by atoms with Crippen LogP contribution < -0.4 is 5.32 Å². The third-order valence-electron chi connectivity index (χ3n) is 4.19. The second-order valence-electron chi connectivity index (χ2n) is 6.88. The summed E-state index contributed by atoms with van der Waals surface area (Å²) in [5.74, 6) is -0.825. The van der Waals surface area contributed by atoms with Gasteiger partial charge in [0.15, 0.2) is 0 Å². The fraction of sp³-hybridized carbons (Fsp3) is 0.857. The standard InChI is InChI=1S/C14H23NO4/c1-13(2,3)19-12(18)15-9-4-6-14(7-5-9)8-10(14)11(16)17/h9-10H,4-8H2,1-3H3,(H,15,18)(H,16,17). The number of nitrogens with one attached hydrogen (secondary N) is 1. The van der Waals surface area contributed by atoms with Crippen LogP contribution in [0.15, 0.2) is 0 Å². The number of carbonyl (C=O) groups excluding carboxylic acids is 1. The summed E-state index contributed by atoms with van der Waals surface area (Å²) in [6, 6.07) is 0.121. The first kappa shape index (κ1) is 14.2. The second-order valence-corrected chi connectivity index (χ2v) is 6.88.